The predicted octanol–water partition coefficient (Wildman–Crippen LogP) is 3.89. The first-order valence-electron chi connectivity index (χ1n) is 8.91. The Labute approximate surface area is 172 Å². The molecule has 0 atom stereocenters. The van der Waals surface area contributed by atoms with E-state index in [2.05, 4.69) is 25.6 Å². The fourth-order valence-electron chi connectivity index (χ4n) is 2.64. The number of thiazole rings is 1. The van der Waals surface area contributed by atoms with Gasteiger partial charge in [-0.05, 0) is 32.9 Å². The van der Waals surface area contributed by atoms with E-state index in [1.165, 1.54) is 24.6 Å². The molecule has 0 aromatic carbocycles. The van der Waals surface area contributed by atoms with Crippen LogP contribution < -0.4 is 10.6 Å². The Morgan fingerprint density at radius 1 is 1.14 bits per heavy atom. The third-order valence-corrected chi connectivity index (χ3v) is 4.88. The van der Waals surface area contributed by atoms with E-state index in [4.69, 9.17) is 4.74 Å². The van der Waals surface area contributed by atoms with E-state index in [-0.39, 0.29) is 12.1 Å². The molecule has 0 saturated heterocycles. The van der Waals surface area contributed by atoms with Gasteiger partial charge < -0.3 is 10.1 Å². The topological polar surface area (TPSA) is 106 Å². The highest BCUT2D eigenvalue weighted by molar-refractivity contribution is 7.13. The molecule has 0 bridgehead atoms. The standard InChI is InChI=1S/C20H21N5O3S/c1-11(2)23-20(27)25-17-6-15(18-24-12(3)10-29-18)16(9-22-17)13-5-14(8-21-7-13)19(26)28-4/h5-11H,1-4H3,(H2,22,23,25,27). The van der Waals surface area contributed by atoms with Gasteiger partial charge in [-0.15, -0.1) is 11.3 Å². The average molecular weight is 411 g/mol. The Morgan fingerprint density at radius 2 is 1.93 bits per heavy atom. The van der Waals surface area contributed by atoms with Gasteiger partial charge >= 0.3 is 12.0 Å². The van der Waals surface area contributed by atoms with Crippen LogP contribution in [0, 0.1) is 6.92 Å². The largest absolute Gasteiger partial charge is 0.465 e. The van der Waals surface area contributed by atoms with Crippen LogP contribution in [-0.2, 0) is 4.74 Å². The molecule has 2 N–H and O–H groups in total. The van der Waals surface area contributed by atoms with Gasteiger partial charge in [0.15, 0.2) is 0 Å². The van der Waals surface area contributed by atoms with Gasteiger partial charge in [-0.25, -0.2) is 19.6 Å². The van der Waals surface area contributed by atoms with Crippen molar-refractivity contribution in [2.24, 2.45) is 0 Å². The quantitative estimate of drug-likeness (QED) is 0.617. The lowest BCUT2D eigenvalue weighted by molar-refractivity contribution is 0.0600. The number of aromatic nitrogens is 3. The number of ether oxygens (including phenoxy) is 1. The van der Waals surface area contributed by atoms with Crippen molar-refractivity contribution in [2.45, 2.75) is 26.8 Å². The van der Waals surface area contributed by atoms with Crippen LogP contribution in [0.4, 0.5) is 10.6 Å². The molecule has 3 heterocycles. The second-order valence-electron chi connectivity index (χ2n) is 6.62. The zero-order chi connectivity index (χ0) is 21.0. The highest BCUT2D eigenvalue weighted by Crippen LogP contribution is 2.35. The molecule has 0 radical (unpaired) electrons. The minimum absolute atomic E-state index is 0.00231. The van der Waals surface area contributed by atoms with Crippen LogP contribution in [0.2, 0.25) is 0 Å². The second kappa shape index (κ2) is 8.78. The number of amides is 2. The number of pyridine rings is 2. The van der Waals surface area contributed by atoms with Crippen molar-refractivity contribution >= 4 is 29.2 Å². The van der Waals surface area contributed by atoms with Crippen molar-refractivity contribution in [1.82, 2.24) is 20.3 Å². The summed E-state index contributed by atoms with van der Waals surface area (Å²) in [5.41, 5.74) is 3.45. The van der Waals surface area contributed by atoms with Crippen molar-refractivity contribution in [3.63, 3.8) is 0 Å². The van der Waals surface area contributed by atoms with Gasteiger partial charge in [-0.2, -0.15) is 0 Å². The summed E-state index contributed by atoms with van der Waals surface area (Å²) in [6.07, 6.45) is 4.73. The lowest BCUT2D eigenvalue weighted by atomic mass is 10.0. The Bertz CT molecular complexity index is 1050. The van der Waals surface area contributed by atoms with Gasteiger partial charge in [0.1, 0.15) is 10.8 Å². The number of urea groups is 1. The maximum atomic E-state index is 12.0. The molecule has 3 rings (SSSR count). The van der Waals surface area contributed by atoms with Crippen LogP contribution >= 0.6 is 11.3 Å². The molecule has 9 heteroatoms. The number of methoxy groups -OCH3 is 1. The van der Waals surface area contributed by atoms with E-state index in [1.807, 2.05) is 26.2 Å². The summed E-state index contributed by atoms with van der Waals surface area (Å²) in [6, 6.07) is 3.12. The van der Waals surface area contributed by atoms with Gasteiger partial charge in [0.05, 0.1) is 12.7 Å². The third-order valence-electron chi connectivity index (χ3n) is 3.89. The number of aryl methyl sites for hydroxylation is 1. The van der Waals surface area contributed by atoms with E-state index in [1.54, 1.807) is 24.5 Å². The molecule has 3 aromatic heterocycles. The molecule has 0 aliphatic rings. The number of carbonyl (C=O) groups is 2. The Balaban J connectivity index is 2.05. The van der Waals surface area contributed by atoms with Crippen molar-refractivity contribution in [1.29, 1.82) is 0 Å². The van der Waals surface area contributed by atoms with Crippen LogP contribution in [0.3, 0.4) is 0 Å². The monoisotopic (exact) mass is 411 g/mol. The molecule has 8 nitrogen and oxygen atoms in total. The first-order chi connectivity index (χ1) is 13.9. The fourth-order valence-corrected chi connectivity index (χ4v) is 3.47. The summed E-state index contributed by atoms with van der Waals surface area (Å²) in [5.74, 6) is -0.0746. The lowest BCUT2D eigenvalue weighted by Crippen LogP contribution is -2.34. The van der Waals surface area contributed by atoms with Crippen molar-refractivity contribution < 1.29 is 14.3 Å². The molecule has 29 heavy (non-hydrogen) atoms. The van der Waals surface area contributed by atoms with Crippen molar-refractivity contribution in [3.05, 3.63) is 47.4 Å². The first-order valence-corrected chi connectivity index (χ1v) is 9.79. The van der Waals surface area contributed by atoms with Crippen molar-refractivity contribution in [2.75, 3.05) is 12.4 Å². The number of carbonyl (C=O) groups excluding carboxylic acids is 2. The number of hydrogen-bond acceptors (Lipinski definition) is 7. The van der Waals surface area contributed by atoms with Gasteiger partial charge in [0.25, 0.3) is 0 Å². The number of nitrogens with one attached hydrogen (secondary N) is 2. The van der Waals surface area contributed by atoms with Gasteiger partial charge in [-0.3, -0.25) is 10.3 Å². The number of anilines is 1. The van der Waals surface area contributed by atoms with Crippen LogP contribution in [0.1, 0.15) is 29.9 Å². The van der Waals surface area contributed by atoms with Gasteiger partial charge in [-0.1, -0.05) is 0 Å². The van der Waals surface area contributed by atoms with Crippen LogP contribution in [0.5, 0.6) is 0 Å². The molecular weight excluding hydrogens is 390 g/mol. The van der Waals surface area contributed by atoms with Crippen molar-refractivity contribution in [3.8, 4) is 21.7 Å². The van der Waals surface area contributed by atoms with Gasteiger partial charge in [0, 0.05) is 52.4 Å². The molecule has 0 aliphatic heterocycles. The summed E-state index contributed by atoms with van der Waals surface area (Å²) in [7, 11) is 1.32. The summed E-state index contributed by atoms with van der Waals surface area (Å²) >= 11 is 1.49. The zero-order valence-corrected chi connectivity index (χ0v) is 17.3. The van der Waals surface area contributed by atoms with E-state index in [9.17, 15) is 9.59 Å². The summed E-state index contributed by atoms with van der Waals surface area (Å²) < 4.78 is 4.78. The molecule has 0 aliphatic carbocycles. The number of hydrogen-bond donors (Lipinski definition) is 2. The fraction of sp³-hybridized carbons (Fsp3) is 0.250. The molecule has 150 valence electrons. The SMILES string of the molecule is COC(=O)c1cncc(-c2cnc(NC(=O)NC(C)C)cc2-c2nc(C)cs2)c1. The van der Waals surface area contributed by atoms with E-state index in [0.717, 1.165) is 21.8 Å². The number of nitrogens with zero attached hydrogens (tertiary/aromatic N) is 3. The zero-order valence-electron chi connectivity index (χ0n) is 16.5. The molecular formula is C20H21N5O3S. The van der Waals surface area contributed by atoms with Gasteiger partial charge in [0.2, 0.25) is 0 Å². The van der Waals surface area contributed by atoms with E-state index < -0.39 is 5.97 Å². The minimum Gasteiger partial charge on any atom is -0.465 e. The van der Waals surface area contributed by atoms with Crippen LogP contribution in [0.15, 0.2) is 36.1 Å². The van der Waals surface area contributed by atoms with Crippen LogP contribution in [-0.4, -0.2) is 40.1 Å². The summed E-state index contributed by atoms with van der Waals surface area (Å²) in [5, 5.41) is 8.22. The summed E-state index contributed by atoms with van der Waals surface area (Å²) in [6.45, 7) is 5.66. The second-order valence-corrected chi connectivity index (χ2v) is 7.47. The molecule has 3 aromatic rings. The number of rotatable bonds is 5. The number of esters is 1. The lowest BCUT2D eigenvalue weighted by Gasteiger charge is -2.13. The average Bonchev–Trinajstić information content (AvgIpc) is 3.13. The summed E-state index contributed by atoms with van der Waals surface area (Å²) in [4.78, 5) is 37.0. The van der Waals surface area contributed by atoms with Crippen LogP contribution in [0.25, 0.3) is 21.7 Å². The maximum absolute atomic E-state index is 12.0. The van der Waals surface area contributed by atoms with E-state index in [0.29, 0.717) is 16.9 Å². The predicted molar refractivity (Wildman–Crippen MR) is 112 cm³/mol. The normalized spacial score (nSPS) is 10.7. The molecule has 2 amide bonds. The Kier molecular flexibility index (Phi) is 6.18. The maximum Gasteiger partial charge on any atom is 0.339 e. The Hall–Kier alpha value is -3.33. The highest BCUT2D eigenvalue weighted by atomic mass is 32.1. The van der Waals surface area contributed by atoms with E-state index >= 15 is 0 Å². The molecule has 0 unspecified atom stereocenters. The molecule has 0 saturated carbocycles. The first kappa shape index (κ1) is 20.4. The smallest absolute Gasteiger partial charge is 0.339 e. The highest BCUT2D eigenvalue weighted by Gasteiger charge is 2.16. The Morgan fingerprint density at radius 3 is 2.59 bits per heavy atom. The minimum atomic E-state index is -0.470. The molecule has 0 spiro atoms. The third kappa shape index (κ3) is 4.94. The molecule has 0 fully saturated rings.